The largest absolute Gasteiger partial charge is 0.349 e. The van der Waals surface area contributed by atoms with Gasteiger partial charge in [-0.05, 0) is 75.4 Å². The molecule has 8 nitrogen and oxygen atoms in total. The van der Waals surface area contributed by atoms with Crippen LogP contribution >= 0.6 is 0 Å². The van der Waals surface area contributed by atoms with Crippen LogP contribution in [0.15, 0.2) is 59.5 Å². The fourth-order valence-electron chi connectivity index (χ4n) is 5.92. The molecule has 9 heteroatoms. The molecule has 2 fully saturated rings. The highest BCUT2D eigenvalue weighted by molar-refractivity contribution is 7.90. The van der Waals surface area contributed by atoms with E-state index in [9.17, 15) is 18.0 Å². The van der Waals surface area contributed by atoms with E-state index >= 15 is 0 Å². The number of amides is 2. The number of likely N-dealkylation sites (tertiary alicyclic amines) is 1. The van der Waals surface area contributed by atoms with Crippen LogP contribution in [0.3, 0.4) is 0 Å². The van der Waals surface area contributed by atoms with Crippen molar-refractivity contribution in [3.05, 3.63) is 65.7 Å². The van der Waals surface area contributed by atoms with Crippen LogP contribution in [0.4, 0.5) is 0 Å². The van der Waals surface area contributed by atoms with Crippen molar-refractivity contribution in [2.75, 3.05) is 45.5 Å². The summed E-state index contributed by atoms with van der Waals surface area (Å²) in [6, 6.07) is 17.1. The van der Waals surface area contributed by atoms with Crippen molar-refractivity contribution in [3.8, 4) is 0 Å². The third-order valence-corrected chi connectivity index (χ3v) is 9.46. The molecule has 2 aromatic carbocycles. The molecule has 2 heterocycles. The van der Waals surface area contributed by atoms with Gasteiger partial charge in [0.1, 0.15) is 0 Å². The van der Waals surface area contributed by atoms with Crippen LogP contribution in [-0.2, 0) is 25.8 Å². The van der Waals surface area contributed by atoms with Gasteiger partial charge in [0.05, 0.1) is 17.4 Å². The van der Waals surface area contributed by atoms with Crippen LogP contribution in [0.1, 0.15) is 56.2 Å². The quantitative estimate of drug-likeness (QED) is 0.432. The lowest BCUT2D eigenvalue weighted by Gasteiger charge is -2.38. The molecular formula is C31H44N4O4S. The second-order valence-corrected chi connectivity index (χ2v) is 13.1. The van der Waals surface area contributed by atoms with Crippen molar-refractivity contribution in [2.24, 2.45) is 5.92 Å². The number of piperidine rings is 2. The number of rotatable bonds is 11. The van der Waals surface area contributed by atoms with Gasteiger partial charge in [0.25, 0.3) is 0 Å². The van der Waals surface area contributed by atoms with E-state index in [2.05, 4.69) is 27.7 Å². The Labute approximate surface area is 239 Å². The smallest absolute Gasteiger partial charge is 0.227 e. The van der Waals surface area contributed by atoms with Crippen LogP contribution in [0.5, 0.6) is 0 Å². The SMILES string of the molecule is CCN(C(=O)Cc1ccc(S(C)(=O)=O)cc1)C1CCN(CC[C@H](NC(=O)C2CCNCC2)c2ccccc2)CC1. The summed E-state index contributed by atoms with van der Waals surface area (Å²) in [4.78, 5) is 30.9. The van der Waals surface area contributed by atoms with Gasteiger partial charge in [-0.15, -0.1) is 0 Å². The summed E-state index contributed by atoms with van der Waals surface area (Å²) >= 11 is 0. The number of hydrogen-bond donors (Lipinski definition) is 2. The molecule has 0 radical (unpaired) electrons. The number of nitrogens with zero attached hydrogens (tertiary/aromatic N) is 2. The Morgan fingerprint density at radius 2 is 1.65 bits per heavy atom. The summed E-state index contributed by atoms with van der Waals surface area (Å²) in [6.45, 7) is 7.20. The number of carbonyl (C=O) groups is 2. The first-order valence-electron chi connectivity index (χ1n) is 14.6. The normalized spacial score (nSPS) is 18.2. The van der Waals surface area contributed by atoms with Gasteiger partial charge in [-0.25, -0.2) is 8.42 Å². The molecule has 0 bridgehead atoms. The lowest BCUT2D eigenvalue weighted by Crippen LogP contribution is -2.48. The average molecular weight is 569 g/mol. The zero-order chi connectivity index (χ0) is 28.5. The maximum Gasteiger partial charge on any atom is 0.227 e. The first-order chi connectivity index (χ1) is 19.2. The van der Waals surface area contributed by atoms with Crippen molar-refractivity contribution in [3.63, 3.8) is 0 Å². The monoisotopic (exact) mass is 568 g/mol. The number of benzene rings is 2. The molecule has 2 aliphatic rings. The fraction of sp³-hybridized carbons (Fsp3) is 0.548. The molecule has 2 N–H and O–H groups in total. The minimum Gasteiger partial charge on any atom is -0.349 e. The minimum atomic E-state index is -3.25. The minimum absolute atomic E-state index is 0.0101. The molecule has 0 saturated carbocycles. The van der Waals surface area contributed by atoms with Gasteiger partial charge in [0, 0.05) is 44.4 Å². The van der Waals surface area contributed by atoms with Gasteiger partial charge in [-0.3, -0.25) is 9.59 Å². The van der Waals surface area contributed by atoms with Crippen LogP contribution in [0, 0.1) is 5.92 Å². The lowest BCUT2D eigenvalue weighted by atomic mass is 9.95. The standard InChI is InChI=1S/C31H44N4O4S/c1-3-35(30(36)23-24-9-11-28(12-10-24)40(2,38)39)27-15-20-34(21-16-27)22-17-29(25-7-5-4-6-8-25)33-31(37)26-13-18-32-19-14-26/h4-12,26-27,29,32H,3,13-23H2,1-2H3,(H,33,37)/t29-/m0/s1. The zero-order valence-corrected chi connectivity index (χ0v) is 24.7. The average Bonchev–Trinajstić information content (AvgIpc) is 2.97. The van der Waals surface area contributed by atoms with E-state index in [1.54, 1.807) is 24.3 Å². The second-order valence-electron chi connectivity index (χ2n) is 11.1. The molecule has 0 unspecified atom stereocenters. The van der Waals surface area contributed by atoms with Gasteiger partial charge in [0.15, 0.2) is 9.84 Å². The molecule has 218 valence electrons. The number of nitrogens with one attached hydrogen (secondary N) is 2. The molecule has 2 amide bonds. The highest BCUT2D eigenvalue weighted by Crippen LogP contribution is 2.23. The predicted octanol–water partition coefficient (Wildman–Crippen LogP) is 3.19. The van der Waals surface area contributed by atoms with E-state index in [1.165, 1.54) is 6.26 Å². The summed E-state index contributed by atoms with van der Waals surface area (Å²) in [5.74, 6) is 0.327. The van der Waals surface area contributed by atoms with Crippen molar-refractivity contribution in [2.45, 2.75) is 62.4 Å². The van der Waals surface area contributed by atoms with Gasteiger partial charge in [-0.2, -0.15) is 0 Å². The van der Waals surface area contributed by atoms with E-state index in [1.807, 2.05) is 30.0 Å². The Morgan fingerprint density at radius 3 is 2.25 bits per heavy atom. The van der Waals surface area contributed by atoms with Crippen LogP contribution < -0.4 is 10.6 Å². The first-order valence-corrected chi connectivity index (χ1v) is 16.5. The van der Waals surface area contributed by atoms with Crippen molar-refractivity contribution >= 4 is 21.7 Å². The van der Waals surface area contributed by atoms with Gasteiger partial charge in [-0.1, -0.05) is 42.5 Å². The summed E-state index contributed by atoms with van der Waals surface area (Å²) < 4.78 is 23.4. The van der Waals surface area contributed by atoms with Crippen LogP contribution in [-0.4, -0.2) is 81.6 Å². The van der Waals surface area contributed by atoms with Gasteiger partial charge in [0.2, 0.25) is 11.8 Å². The maximum absolute atomic E-state index is 13.2. The molecule has 1 atom stereocenters. The van der Waals surface area contributed by atoms with Crippen molar-refractivity contribution in [1.82, 2.24) is 20.4 Å². The predicted molar refractivity (Wildman–Crippen MR) is 158 cm³/mol. The molecule has 2 saturated heterocycles. The molecule has 4 rings (SSSR count). The Morgan fingerprint density at radius 1 is 1.00 bits per heavy atom. The fourth-order valence-corrected chi connectivity index (χ4v) is 6.55. The van der Waals surface area contributed by atoms with Crippen LogP contribution in [0.2, 0.25) is 0 Å². The molecular weight excluding hydrogens is 524 g/mol. The molecule has 40 heavy (non-hydrogen) atoms. The highest BCUT2D eigenvalue weighted by Gasteiger charge is 2.28. The second kappa shape index (κ2) is 14.2. The zero-order valence-electron chi connectivity index (χ0n) is 23.8. The maximum atomic E-state index is 13.2. The lowest BCUT2D eigenvalue weighted by molar-refractivity contribution is -0.133. The van der Waals surface area contributed by atoms with Crippen molar-refractivity contribution < 1.29 is 18.0 Å². The number of hydrogen-bond acceptors (Lipinski definition) is 6. The van der Waals surface area contributed by atoms with Crippen molar-refractivity contribution in [1.29, 1.82) is 0 Å². The summed E-state index contributed by atoms with van der Waals surface area (Å²) in [5, 5.41) is 6.68. The first kappa shape index (κ1) is 30.2. The number of carbonyl (C=O) groups excluding carboxylic acids is 2. The Balaban J connectivity index is 1.28. The third kappa shape index (κ3) is 8.38. The van der Waals surface area contributed by atoms with Gasteiger partial charge >= 0.3 is 0 Å². The topological polar surface area (TPSA) is 98.8 Å². The molecule has 0 aromatic heterocycles. The summed E-state index contributed by atoms with van der Waals surface area (Å²) in [5.41, 5.74) is 1.97. The molecule has 2 aliphatic heterocycles. The van der Waals surface area contributed by atoms with Gasteiger partial charge < -0.3 is 20.4 Å². The Kier molecular flexibility index (Phi) is 10.8. The number of likely N-dealkylation sites (N-methyl/N-ethyl adjacent to an activating group) is 1. The van der Waals surface area contributed by atoms with E-state index in [0.29, 0.717) is 6.54 Å². The van der Waals surface area contributed by atoms with E-state index in [0.717, 1.165) is 76.0 Å². The summed E-state index contributed by atoms with van der Waals surface area (Å²) in [7, 11) is -3.25. The molecule has 0 spiro atoms. The number of sulfone groups is 1. The summed E-state index contributed by atoms with van der Waals surface area (Å²) in [6.07, 6.45) is 5.93. The highest BCUT2D eigenvalue weighted by atomic mass is 32.2. The van der Waals surface area contributed by atoms with E-state index in [-0.39, 0.29) is 41.1 Å². The van der Waals surface area contributed by atoms with E-state index in [4.69, 9.17) is 0 Å². The third-order valence-electron chi connectivity index (χ3n) is 8.33. The van der Waals surface area contributed by atoms with Crippen LogP contribution in [0.25, 0.3) is 0 Å². The van der Waals surface area contributed by atoms with E-state index < -0.39 is 9.84 Å². The molecule has 0 aliphatic carbocycles. The Bertz CT molecular complexity index is 1210. The molecule has 2 aromatic rings. The Hall–Kier alpha value is -2.75.